The highest BCUT2D eigenvalue weighted by Gasteiger charge is 2.38. The Kier molecular flexibility index (Phi) is 6.88. The molecule has 31 heavy (non-hydrogen) atoms. The normalized spacial score (nSPS) is 13.7. The number of hydrogen-bond donors (Lipinski definition) is 0. The maximum Gasteiger partial charge on any atom is 0.326 e. The summed E-state index contributed by atoms with van der Waals surface area (Å²) in [6.07, 6.45) is 0. The second-order valence-corrected chi connectivity index (χ2v) is 9.16. The molecular formula is C22H28N2O7. The lowest BCUT2D eigenvalue weighted by Crippen LogP contribution is -2.48. The lowest BCUT2D eigenvalue weighted by molar-refractivity contribution is -0.163. The molecule has 0 aromatic heterocycles. The number of carbonyl (C=O) groups excluding carboxylic acids is 5. The minimum Gasteiger partial charge on any atom is -0.459 e. The highest BCUT2D eigenvalue weighted by molar-refractivity contribution is 6.22. The smallest absolute Gasteiger partial charge is 0.326 e. The Balaban J connectivity index is 2.17. The monoisotopic (exact) mass is 432 g/mol. The van der Waals surface area contributed by atoms with Gasteiger partial charge < -0.3 is 14.4 Å². The molecular weight excluding hydrogens is 404 g/mol. The lowest BCUT2D eigenvalue weighted by Gasteiger charge is -2.27. The van der Waals surface area contributed by atoms with E-state index in [0.717, 1.165) is 9.80 Å². The van der Waals surface area contributed by atoms with Crippen molar-refractivity contribution in [1.82, 2.24) is 9.80 Å². The highest BCUT2D eigenvalue weighted by atomic mass is 16.6. The van der Waals surface area contributed by atoms with Crippen molar-refractivity contribution < 1.29 is 33.4 Å². The Hall–Kier alpha value is -3.23. The molecule has 0 unspecified atom stereocenters. The molecule has 3 amide bonds. The minimum absolute atomic E-state index is 0.200. The van der Waals surface area contributed by atoms with Crippen LogP contribution in [0.5, 0.6) is 0 Å². The maximum atomic E-state index is 12.9. The van der Waals surface area contributed by atoms with Crippen molar-refractivity contribution in [3.05, 3.63) is 35.4 Å². The van der Waals surface area contributed by atoms with E-state index in [1.807, 2.05) is 0 Å². The second kappa shape index (κ2) is 8.87. The van der Waals surface area contributed by atoms with Crippen molar-refractivity contribution in [3.8, 4) is 0 Å². The summed E-state index contributed by atoms with van der Waals surface area (Å²) in [4.78, 5) is 64.2. The molecule has 0 N–H and O–H groups in total. The van der Waals surface area contributed by atoms with Crippen molar-refractivity contribution in [3.63, 3.8) is 0 Å². The number of fused-ring (bicyclic) bond motifs is 1. The topological polar surface area (TPSA) is 110 Å². The Morgan fingerprint density at radius 1 is 0.806 bits per heavy atom. The first kappa shape index (κ1) is 24.0. The lowest BCUT2D eigenvalue weighted by atomic mass is 10.1. The van der Waals surface area contributed by atoms with Gasteiger partial charge in [-0.2, -0.15) is 0 Å². The van der Waals surface area contributed by atoms with E-state index in [0.29, 0.717) is 0 Å². The molecule has 0 fully saturated rings. The van der Waals surface area contributed by atoms with Gasteiger partial charge in [-0.15, -0.1) is 0 Å². The third-order valence-electron chi connectivity index (χ3n) is 4.00. The number of carbonyl (C=O) groups is 5. The van der Waals surface area contributed by atoms with Gasteiger partial charge in [0.15, 0.2) is 0 Å². The fourth-order valence-corrected chi connectivity index (χ4v) is 2.91. The summed E-state index contributed by atoms with van der Waals surface area (Å²) in [7, 11) is 0. The highest BCUT2D eigenvalue weighted by Crippen LogP contribution is 2.22. The Morgan fingerprint density at radius 3 is 1.55 bits per heavy atom. The summed E-state index contributed by atoms with van der Waals surface area (Å²) in [5.74, 6) is -3.43. The molecule has 0 atom stereocenters. The van der Waals surface area contributed by atoms with E-state index in [1.54, 1.807) is 53.7 Å². The van der Waals surface area contributed by atoms with E-state index in [4.69, 9.17) is 9.47 Å². The first-order chi connectivity index (χ1) is 14.2. The Bertz CT molecular complexity index is 844. The maximum absolute atomic E-state index is 12.9. The van der Waals surface area contributed by atoms with E-state index in [2.05, 4.69) is 0 Å². The van der Waals surface area contributed by atoms with Crippen LogP contribution < -0.4 is 0 Å². The molecule has 9 nitrogen and oxygen atoms in total. The van der Waals surface area contributed by atoms with Gasteiger partial charge in [0.1, 0.15) is 30.8 Å². The van der Waals surface area contributed by atoms with Crippen molar-refractivity contribution in [1.29, 1.82) is 0 Å². The average molecular weight is 432 g/mol. The van der Waals surface area contributed by atoms with Gasteiger partial charge >= 0.3 is 11.9 Å². The van der Waals surface area contributed by atoms with Gasteiger partial charge in [-0.3, -0.25) is 28.9 Å². The van der Waals surface area contributed by atoms with Crippen LogP contribution >= 0.6 is 0 Å². The van der Waals surface area contributed by atoms with Gasteiger partial charge in [0, 0.05) is 0 Å². The zero-order valence-corrected chi connectivity index (χ0v) is 18.7. The average Bonchev–Trinajstić information content (AvgIpc) is 2.83. The summed E-state index contributed by atoms with van der Waals surface area (Å²) < 4.78 is 10.5. The van der Waals surface area contributed by atoms with Gasteiger partial charge in [0.25, 0.3) is 11.8 Å². The number of ether oxygens (including phenoxy) is 2. The van der Waals surface area contributed by atoms with E-state index < -0.39 is 60.5 Å². The van der Waals surface area contributed by atoms with Crippen LogP contribution in [0.25, 0.3) is 0 Å². The fourth-order valence-electron chi connectivity index (χ4n) is 2.91. The predicted molar refractivity (Wildman–Crippen MR) is 110 cm³/mol. The molecule has 0 bridgehead atoms. The van der Waals surface area contributed by atoms with Crippen LogP contribution in [0.3, 0.4) is 0 Å². The van der Waals surface area contributed by atoms with Crippen molar-refractivity contribution in [2.45, 2.75) is 52.7 Å². The minimum atomic E-state index is -0.791. The number of hydrogen-bond acceptors (Lipinski definition) is 7. The van der Waals surface area contributed by atoms with Crippen LogP contribution in [-0.2, 0) is 23.9 Å². The van der Waals surface area contributed by atoms with Crippen molar-refractivity contribution >= 4 is 29.7 Å². The zero-order chi connectivity index (χ0) is 23.6. The van der Waals surface area contributed by atoms with E-state index in [-0.39, 0.29) is 11.1 Å². The zero-order valence-electron chi connectivity index (χ0n) is 18.7. The van der Waals surface area contributed by atoms with Gasteiger partial charge in [-0.25, -0.2) is 0 Å². The van der Waals surface area contributed by atoms with Gasteiger partial charge in [-0.05, 0) is 53.7 Å². The van der Waals surface area contributed by atoms with E-state index in [1.165, 1.54) is 12.1 Å². The quantitative estimate of drug-likeness (QED) is 0.498. The molecule has 0 spiro atoms. The molecule has 1 aromatic carbocycles. The molecule has 2 rings (SSSR count). The summed E-state index contributed by atoms with van der Waals surface area (Å²) in [6, 6.07) is 6.23. The first-order valence-electron chi connectivity index (χ1n) is 9.84. The second-order valence-electron chi connectivity index (χ2n) is 9.16. The number of benzene rings is 1. The van der Waals surface area contributed by atoms with Crippen LogP contribution in [-0.4, -0.2) is 70.3 Å². The third-order valence-corrected chi connectivity index (χ3v) is 4.00. The van der Waals surface area contributed by atoms with E-state index in [9.17, 15) is 24.0 Å². The largest absolute Gasteiger partial charge is 0.459 e. The number of imide groups is 1. The SMILES string of the molecule is CC(C)(C)OC(=O)CN(CC(=O)OC(C)(C)C)C(=O)CN1C(=O)c2ccccc2C1=O. The summed E-state index contributed by atoms with van der Waals surface area (Å²) in [6.45, 7) is 8.35. The van der Waals surface area contributed by atoms with Crippen LogP contribution in [0.1, 0.15) is 62.3 Å². The molecule has 0 aliphatic carbocycles. The molecule has 0 saturated heterocycles. The van der Waals surface area contributed by atoms with Crippen molar-refractivity contribution in [2.75, 3.05) is 19.6 Å². The molecule has 168 valence electrons. The van der Waals surface area contributed by atoms with Gasteiger partial charge in [-0.1, -0.05) is 12.1 Å². The van der Waals surface area contributed by atoms with Crippen LogP contribution in [0, 0.1) is 0 Å². The van der Waals surface area contributed by atoms with Crippen molar-refractivity contribution in [2.24, 2.45) is 0 Å². The van der Waals surface area contributed by atoms with Crippen LogP contribution in [0.15, 0.2) is 24.3 Å². The summed E-state index contributed by atoms with van der Waals surface area (Å²) in [5, 5.41) is 0. The molecule has 1 aliphatic heterocycles. The summed E-state index contributed by atoms with van der Waals surface area (Å²) >= 11 is 0. The number of esters is 2. The molecule has 0 radical (unpaired) electrons. The Morgan fingerprint density at radius 2 is 1.19 bits per heavy atom. The van der Waals surface area contributed by atoms with Crippen LogP contribution in [0.2, 0.25) is 0 Å². The molecule has 1 aliphatic rings. The fraction of sp³-hybridized carbons (Fsp3) is 0.500. The predicted octanol–water partition coefficient (Wildman–Crippen LogP) is 1.79. The first-order valence-corrected chi connectivity index (χ1v) is 9.84. The third kappa shape index (κ3) is 6.63. The molecule has 1 aromatic rings. The number of nitrogens with zero attached hydrogens (tertiary/aromatic N) is 2. The van der Waals surface area contributed by atoms with Crippen LogP contribution in [0.4, 0.5) is 0 Å². The standard InChI is InChI=1S/C22H28N2O7/c1-21(2,3)30-17(26)12-23(13-18(27)31-22(4,5)6)16(25)11-24-19(28)14-9-7-8-10-15(14)20(24)29/h7-10H,11-13H2,1-6H3. The number of rotatable bonds is 6. The van der Waals surface area contributed by atoms with Gasteiger partial charge in [0.2, 0.25) is 5.91 Å². The molecule has 9 heteroatoms. The van der Waals surface area contributed by atoms with E-state index >= 15 is 0 Å². The molecule has 1 heterocycles. The van der Waals surface area contributed by atoms with Gasteiger partial charge in [0.05, 0.1) is 11.1 Å². The number of amides is 3. The molecule has 0 saturated carbocycles. The Labute approximate surface area is 181 Å². The summed E-state index contributed by atoms with van der Waals surface area (Å²) in [5.41, 5.74) is -1.18.